The number of methoxy groups -OCH3 is 1. The number of nitrogens with zero attached hydrogens (tertiary/aromatic N) is 4. The highest BCUT2D eigenvalue weighted by Crippen LogP contribution is 2.28. The third-order valence-electron chi connectivity index (χ3n) is 4.86. The minimum Gasteiger partial charge on any atom is -0.494 e. The van der Waals surface area contributed by atoms with Crippen molar-refractivity contribution in [1.82, 2.24) is 20.0 Å². The Morgan fingerprint density at radius 3 is 2.89 bits per heavy atom. The number of piperidine rings is 1. The SMILES string of the molecule is COc1ccc(CN2CCCC(c3nc(-c4ccncc4)no3)C2)cc1F. The molecule has 0 N–H and O–H groups in total. The van der Waals surface area contributed by atoms with Crippen molar-refractivity contribution >= 4 is 0 Å². The second-order valence-electron chi connectivity index (χ2n) is 6.74. The molecule has 2 aromatic heterocycles. The second kappa shape index (κ2) is 7.84. The van der Waals surface area contributed by atoms with Crippen LogP contribution in [-0.2, 0) is 6.54 Å². The average molecular weight is 368 g/mol. The number of likely N-dealkylation sites (tertiary alicyclic amines) is 1. The maximum Gasteiger partial charge on any atom is 0.231 e. The molecule has 3 heterocycles. The number of benzene rings is 1. The number of hydrogen-bond acceptors (Lipinski definition) is 6. The molecule has 4 rings (SSSR count). The van der Waals surface area contributed by atoms with Crippen LogP contribution in [0.2, 0.25) is 0 Å². The zero-order chi connectivity index (χ0) is 18.6. The van der Waals surface area contributed by atoms with Gasteiger partial charge in [-0.2, -0.15) is 4.98 Å². The molecule has 1 aliphatic heterocycles. The van der Waals surface area contributed by atoms with Crippen molar-refractivity contribution < 1.29 is 13.7 Å². The van der Waals surface area contributed by atoms with Gasteiger partial charge in [-0.25, -0.2) is 4.39 Å². The Morgan fingerprint density at radius 2 is 2.11 bits per heavy atom. The minimum atomic E-state index is -0.331. The summed E-state index contributed by atoms with van der Waals surface area (Å²) in [6.45, 7) is 2.46. The molecule has 0 bridgehead atoms. The standard InChI is InChI=1S/C20H21FN4O2/c1-26-18-5-4-14(11-17(18)21)12-25-10-2-3-16(13-25)20-23-19(24-27-20)15-6-8-22-9-7-15/h4-9,11,16H,2-3,10,12-13H2,1H3. The van der Waals surface area contributed by atoms with Gasteiger partial charge in [-0.05, 0) is 49.2 Å². The molecule has 0 amide bonds. The van der Waals surface area contributed by atoms with Crippen LogP contribution < -0.4 is 4.74 Å². The fourth-order valence-corrected chi connectivity index (χ4v) is 3.49. The fourth-order valence-electron chi connectivity index (χ4n) is 3.49. The lowest BCUT2D eigenvalue weighted by atomic mass is 9.97. The van der Waals surface area contributed by atoms with Gasteiger partial charge in [0.05, 0.1) is 13.0 Å². The van der Waals surface area contributed by atoms with Gasteiger partial charge in [0, 0.05) is 31.0 Å². The van der Waals surface area contributed by atoms with Gasteiger partial charge in [0.1, 0.15) is 0 Å². The number of aromatic nitrogens is 3. The predicted molar refractivity (Wildman–Crippen MR) is 97.7 cm³/mol. The fraction of sp³-hybridized carbons (Fsp3) is 0.350. The first-order chi connectivity index (χ1) is 13.2. The Balaban J connectivity index is 1.44. The molecule has 6 nitrogen and oxygen atoms in total. The number of hydrogen-bond donors (Lipinski definition) is 0. The summed E-state index contributed by atoms with van der Waals surface area (Å²) in [7, 11) is 1.47. The van der Waals surface area contributed by atoms with Crippen molar-refractivity contribution in [2.24, 2.45) is 0 Å². The van der Waals surface area contributed by atoms with E-state index in [2.05, 4.69) is 20.0 Å². The molecule has 1 aliphatic rings. The molecule has 7 heteroatoms. The van der Waals surface area contributed by atoms with Gasteiger partial charge in [-0.3, -0.25) is 9.88 Å². The Kier molecular flexibility index (Phi) is 5.11. The smallest absolute Gasteiger partial charge is 0.231 e. The summed E-state index contributed by atoms with van der Waals surface area (Å²) in [5.74, 6) is 1.37. The topological polar surface area (TPSA) is 64.3 Å². The van der Waals surface area contributed by atoms with Gasteiger partial charge in [-0.15, -0.1) is 0 Å². The summed E-state index contributed by atoms with van der Waals surface area (Å²) in [5, 5.41) is 4.11. The van der Waals surface area contributed by atoms with Crippen molar-refractivity contribution in [3.63, 3.8) is 0 Å². The van der Waals surface area contributed by atoms with Crippen LogP contribution >= 0.6 is 0 Å². The van der Waals surface area contributed by atoms with E-state index >= 15 is 0 Å². The Labute approximate surface area is 157 Å². The van der Waals surface area contributed by atoms with Crippen molar-refractivity contribution in [2.45, 2.75) is 25.3 Å². The molecular weight excluding hydrogens is 347 g/mol. The molecule has 27 heavy (non-hydrogen) atoms. The van der Waals surface area contributed by atoms with Crippen LogP contribution in [0.15, 0.2) is 47.2 Å². The van der Waals surface area contributed by atoms with Crippen molar-refractivity contribution in [3.05, 3.63) is 60.0 Å². The normalized spacial score (nSPS) is 17.8. The van der Waals surface area contributed by atoms with Gasteiger partial charge in [0.2, 0.25) is 11.7 Å². The molecule has 3 aromatic rings. The van der Waals surface area contributed by atoms with E-state index in [0.29, 0.717) is 18.3 Å². The summed E-state index contributed by atoms with van der Waals surface area (Å²) < 4.78 is 24.4. The van der Waals surface area contributed by atoms with Crippen LogP contribution in [0.1, 0.15) is 30.2 Å². The second-order valence-corrected chi connectivity index (χ2v) is 6.74. The lowest BCUT2D eigenvalue weighted by molar-refractivity contribution is 0.180. The maximum absolute atomic E-state index is 13.9. The van der Waals surface area contributed by atoms with E-state index in [4.69, 9.17) is 9.26 Å². The van der Waals surface area contributed by atoms with E-state index in [1.165, 1.54) is 13.2 Å². The first kappa shape index (κ1) is 17.6. The highest BCUT2D eigenvalue weighted by molar-refractivity contribution is 5.52. The van der Waals surface area contributed by atoms with Crippen LogP contribution in [0.25, 0.3) is 11.4 Å². The van der Waals surface area contributed by atoms with Crippen molar-refractivity contribution in [2.75, 3.05) is 20.2 Å². The zero-order valence-corrected chi connectivity index (χ0v) is 15.1. The summed E-state index contributed by atoms with van der Waals surface area (Å²) in [6, 6.07) is 8.83. The van der Waals surface area contributed by atoms with Gasteiger partial charge >= 0.3 is 0 Å². The van der Waals surface area contributed by atoms with Crippen LogP contribution in [0.4, 0.5) is 4.39 Å². The maximum atomic E-state index is 13.9. The van der Waals surface area contributed by atoms with E-state index in [9.17, 15) is 4.39 Å². The molecule has 0 saturated carbocycles. The van der Waals surface area contributed by atoms with Gasteiger partial charge in [0.15, 0.2) is 11.6 Å². The molecule has 140 valence electrons. The molecule has 0 spiro atoms. The van der Waals surface area contributed by atoms with Gasteiger partial charge in [-0.1, -0.05) is 11.2 Å². The average Bonchev–Trinajstić information content (AvgIpc) is 3.19. The molecule has 0 aliphatic carbocycles. The predicted octanol–water partition coefficient (Wildman–Crippen LogP) is 3.66. The number of pyridine rings is 1. The van der Waals surface area contributed by atoms with Gasteiger partial charge < -0.3 is 9.26 Å². The van der Waals surface area contributed by atoms with Crippen LogP contribution in [-0.4, -0.2) is 40.2 Å². The Bertz CT molecular complexity index is 900. The lowest BCUT2D eigenvalue weighted by Gasteiger charge is -2.31. The Morgan fingerprint density at radius 1 is 1.26 bits per heavy atom. The molecule has 1 aromatic carbocycles. The summed E-state index contributed by atoms with van der Waals surface area (Å²) in [4.78, 5) is 10.9. The van der Waals surface area contributed by atoms with E-state index in [-0.39, 0.29) is 17.5 Å². The highest BCUT2D eigenvalue weighted by atomic mass is 19.1. The van der Waals surface area contributed by atoms with Gasteiger partial charge in [0.25, 0.3) is 0 Å². The minimum absolute atomic E-state index is 0.185. The quantitative estimate of drug-likeness (QED) is 0.685. The molecule has 1 saturated heterocycles. The largest absolute Gasteiger partial charge is 0.494 e. The van der Waals surface area contributed by atoms with Crippen LogP contribution in [0, 0.1) is 5.82 Å². The highest BCUT2D eigenvalue weighted by Gasteiger charge is 2.26. The van der Waals surface area contributed by atoms with Crippen LogP contribution in [0.3, 0.4) is 0 Å². The summed E-state index contributed by atoms with van der Waals surface area (Å²) >= 11 is 0. The lowest BCUT2D eigenvalue weighted by Crippen LogP contribution is -2.34. The first-order valence-electron chi connectivity index (χ1n) is 9.01. The molecule has 1 unspecified atom stereocenters. The van der Waals surface area contributed by atoms with Crippen molar-refractivity contribution in [3.8, 4) is 17.1 Å². The number of rotatable bonds is 5. The first-order valence-corrected chi connectivity index (χ1v) is 9.01. The summed E-state index contributed by atoms with van der Waals surface area (Å²) in [5.41, 5.74) is 1.82. The van der Waals surface area contributed by atoms with E-state index < -0.39 is 0 Å². The number of ether oxygens (including phenoxy) is 1. The monoisotopic (exact) mass is 368 g/mol. The Hall–Kier alpha value is -2.80. The number of halogens is 1. The molecule has 0 radical (unpaired) electrons. The van der Waals surface area contributed by atoms with E-state index in [1.54, 1.807) is 18.5 Å². The zero-order valence-electron chi connectivity index (χ0n) is 15.1. The van der Waals surface area contributed by atoms with E-state index in [1.807, 2.05) is 18.2 Å². The third kappa shape index (κ3) is 3.98. The summed E-state index contributed by atoms with van der Waals surface area (Å²) in [6.07, 6.45) is 5.46. The molecule has 1 fully saturated rings. The van der Waals surface area contributed by atoms with Crippen molar-refractivity contribution in [1.29, 1.82) is 0 Å². The van der Waals surface area contributed by atoms with E-state index in [0.717, 1.165) is 37.1 Å². The third-order valence-corrected chi connectivity index (χ3v) is 4.86. The molecular formula is C20H21FN4O2. The molecule has 1 atom stereocenters. The van der Waals surface area contributed by atoms with Crippen LogP contribution in [0.5, 0.6) is 5.75 Å².